The van der Waals surface area contributed by atoms with Crippen LogP contribution in [0.25, 0.3) is 32.3 Å². The van der Waals surface area contributed by atoms with Gasteiger partial charge in [0.1, 0.15) is 9.79 Å². The van der Waals surface area contributed by atoms with Crippen LogP contribution in [0.1, 0.15) is 0 Å². The van der Waals surface area contributed by atoms with Gasteiger partial charge in [0.2, 0.25) is 0 Å². The zero-order chi connectivity index (χ0) is 19.6. The molecule has 0 heterocycles. The van der Waals surface area contributed by atoms with Gasteiger partial charge in [0.25, 0.3) is 20.2 Å². The SMILES string of the molecule is O=S(=O)(O)c1c(Cl)cc2ccc3cc4ccccc4cc3c2c1S(=O)(=O)O. The second kappa shape index (κ2) is 5.88. The predicted octanol–water partition coefficient (Wildman–Crippen LogP) is 4.29. The highest BCUT2D eigenvalue weighted by Gasteiger charge is 2.30. The van der Waals surface area contributed by atoms with Crippen LogP contribution in [0.3, 0.4) is 0 Å². The van der Waals surface area contributed by atoms with E-state index in [4.69, 9.17) is 11.6 Å². The van der Waals surface area contributed by atoms with Crippen molar-refractivity contribution in [1.29, 1.82) is 0 Å². The minimum Gasteiger partial charge on any atom is -0.282 e. The van der Waals surface area contributed by atoms with Gasteiger partial charge in [0.15, 0.2) is 0 Å². The molecule has 0 aliphatic carbocycles. The van der Waals surface area contributed by atoms with E-state index >= 15 is 0 Å². The predicted molar refractivity (Wildman–Crippen MR) is 104 cm³/mol. The standard InChI is InChI=1S/C18H11ClO6S2/c19-15-9-13-6-5-12-7-10-3-1-2-4-11(10)8-14(12)16(13)18(27(23,24)25)17(15)26(20,21)22/h1-9H,(H,20,21,22)(H,23,24,25). The Morgan fingerprint density at radius 1 is 0.667 bits per heavy atom. The van der Waals surface area contributed by atoms with Gasteiger partial charge in [0.05, 0.1) is 5.02 Å². The fourth-order valence-electron chi connectivity index (χ4n) is 3.31. The fourth-order valence-corrected chi connectivity index (χ4v) is 5.98. The van der Waals surface area contributed by atoms with Crippen LogP contribution in [0.2, 0.25) is 5.02 Å². The highest BCUT2D eigenvalue weighted by Crippen LogP contribution is 2.40. The number of benzene rings is 4. The normalized spacial score (nSPS) is 12.9. The summed E-state index contributed by atoms with van der Waals surface area (Å²) < 4.78 is 67.1. The zero-order valence-corrected chi connectivity index (χ0v) is 15.8. The third-order valence-electron chi connectivity index (χ3n) is 4.37. The third-order valence-corrected chi connectivity index (χ3v) is 6.77. The van der Waals surface area contributed by atoms with E-state index in [1.807, 2.05) is 30.3 Å². The number of halogens is 1. The molecule has 9 heteroatoms. The van der Waals surface area contributed by atoms with Gasteiger partial charge in [-0.1, -0.05) is 48.0 Å². The molecule has 138 valence electrons. The first-order valence-electron chi connectivity index (χ1n) is 7.60. The molecule has 0 saturated heterocycles. The maximum absolute atomic E-state index is 12.1. The summed E-state index contributed by atoms with van der Waals surface area (Å²) >= 11 is 5.93. The Kier molecular flexibility index (Phi) is 3.95. The van der Waals surface area contributed by atoms with E-state index in [0.717, 1.165) is 10.8 Å². The van der Waals surface area contributed by atoms with Crippen LogP contribution in [0.15, 0.2) is 64.4 Å². The zero-order valence-electron chi connectivity index (χ0n) is 13.4. The minimum atomic E-state index is -5.03. The monoisotopic (exact) mass is 422 g/mol. The smallest absolute Gasteiger partial charge is 0.282 e. The van der Waals surface area contributed by atoms with Crippen molar-refractivity contribution in [3.63, 3.8) is 0 Å². The number of hydrogen-bond donors (Lipinski definition) is 2. The van der Waals surface area contributed by atoms with Crippen molar-refractivity contribution in [3.05, 3.63) is 59.6 Å². The highest BCUT2D eigenvalue weighted by atomic mass is 35.5. The molecule has 0 aliphatic rings. The molecule has 4 aromatic rings. The lowest BCUT2D eigenvalue weighted by Crippen LogP contribution is -2.10. The molecule has 0 atom stereocenters. The largest absolute Gasteiger partial charge is 0.297 e. The molecule has 2 N–H and O–H groups in total. The lowest BCUT2D eigenvalue weighted by Gasteiger charge is -2.14. The van der Waals surface area contributed by atoms with Crippen LogP contribution in [0, 0.1) is 0 Å². The Balaban J connectivity index is 2.38. The van der Waals surface area contributed by atoms with Crippen LogP contribution in [0.5, 0.6) is 0 Å². The van der Waals surface area contributed by atoms with E-state index in [2.05, 4.69) is 0 Å². The van der Waals surface area contributed by atoms with Gasteiger partial charge in [-0.25, -0.2) is 0 Å². The second-order valence-electron chi connectivity index (χ2n) is 6.05. The summed E-state index contributed by atoms with van der Waals surface area (Å²) in [5.74, 6) is 0. The molecule has 0 fully saturated rings. The summed E-state index contributed by atoms with van der Waals surface area (Å²) in [5, 5.41) is 2.51. The van der Waals surface area contributed by atoms with E-state index in [1.165, 1.54) is 6.07 Å². The third kappa shape index (κ3) is 2.95. The minimum absolute atomic E-state index is 0.0298. The van der Waals surface area contributed by atoms with Crippen LogP contribution in [0.4, 0.5) is 0 Å². The molecule has 0 bridgehead atoms. The van der Waals surface area contributed by atoms with E-state index in [0.29, 0.717) is 16.2 Å². The van der Waals surface area contributed by atoms with Crippen molar-refractivity contribution in [2.45, 2.75) is 9.79 Å². The summed E-state index contributed by atoms with van der Waals surface area (Å²) in [4.78, 5) is -1.98. The Morgan fingerprint density at radius 2 is 1.22 bits per heavy atom. The van der Waals surface area contributed by atoms with Gasteiger partial charge in [0, 0.05) is 5.39 Å². The molecule has 4 aromatic carbocycles. The number of hydrogen-bond acceptors (Lipinski definition) is 4. The molecule has 4 rings (SSSR count). The first-order valence-corrected chi connectivity index (χ1v) is 10.9. The quantitative estimate of drug-likeness (QED) is 0.283. The summed E-state index contributed by atoms with van der Waals surface area (Å²) in [5.41, 5.74) is 0. The molecule has 0 aromatic heterocycles. The molecule has 27 heavy (non-hydrogen) atoms. The average Bonchev–Trinajstić information content (AvgIpc) is 2.56. The van der Waals surface area contributed by atoms with Gasteiger partial charge >= 0.3 is 0 Å². The van der Waals surface area contributed by atoms with Crippen LogP contribution in [-0.2, 0) is 20.2 Å². The molecule has 0 saturated carbocycles. The first kappa shape index (κ1) is 18.1. The molecule has 0 unspecified atom stereocenters. The summed E-state index contributed by atoms with van der Waals surface area (Å²) in [6, 6.07) is 15.4. The van der Waals surface area contributed by atoms with E-state index < -0.39 is 35.0 Å². The molecule has 0 aliphatic heterocycles. The lowest BCUT2D eigenvalue weighted by atomic mass is 9.98. The Labute approximate surface area is 159 Å². The molecule has 0 amide bonds. The van der Waals surface area contributed by atoms with Gasteiger partial charge in [-0.15, -0.1) is 0 Å². The van der Waals surface area contributed by atoms with Crippen molar-refractivity contribution >= 4 is 64.2 Å². The summed E-state index contributed by atoms with van der Waals surface area (Å²) in [7, 11) is -10.1. The molecule has 0 radical (unpaired) electrons. The van der Waals surface area contributed by atoms with Crippen molar-refractivity contribution in [2.75, 3.05) is 0 Å². The molecular formula is C18H11ClO6S2. The van der Waals surface area contributed by atoms with Gasteiger partial charge < -0.3 is 0 Å². The van der Waals surface area contributed by atoms with Crippen LogP contribution < -0.4 is 0 Å². The van der Waals surface area contributed by atoms with Crippen LogP contribution in [-0.4, -0.2) is 25.9 Å². The van der Waals surface area contributed by atoms with E-state index in [-0.39, 0.29) is 5.39 Å². The summed E-state index contributed by atoms with van der Waals surface area (Å²) in [6.45, 7) is 0. The van der Waals surface area contributed by atoms with Gasteiger partial charge in [-0.2, -0.15) is 16.8 Å². The maximum Gasteiger partial charge on any atom is 0.297 e. The topological polar surface area (TPSA) is 109 Å². The summed E-state index contributed by atoms with van der Waals surface area (Å²) in [6.07, 6.45) is 0. The second-order valence-corrected chi connectivity index (χ2v) is 9.17. The molecule has 0 spiro atoms. The lowest BCUT2D eigenvalue weighted by molar-refractivity contribution is 0.468. The Hall–Kier alpha value is -2.23. The van der Waals surface area contributed by atoms with Gasteiger partial charge in [-0.05, 0) is 45.1 Å². The van der Waals surface area contributed by atoms with Crippen molar-refractivity contribution in [2.24, 2.45) is 0 Å². The van der Waals surface area contributed by atoms with E-state index in [1.54, 1.807) is 18.2 Å². The molecule has 6 nitrogen and oxygen atoms in total. The Morgan fingerprint density at radius 3 is 1.81 bits per heavy atom. The maximum atomic E-state index is 12.1. The Bertz CT molecular complexity index is 1470. The molecular weight excluding hydrogens is 412 g/mol. The highest BCUT2D eigenvalue weighted by molar-refractivity contribution is 7.89. The average molecular weight is 423 g/mol. The van der Waals surface area contributed by atoms with Crippen molar-refractivity contribution in [1.82, 2.24) is 0 Å². The van der Waals surface area contributed by atoms with E-state index in [9.17, 15) is 25.9 Å². The fraction of sp³-hybridized carbons (Fsp3) is 0. The number of fused-ring (bicyclic) bond motifs is 4. The van der Waals surface area contributed by atoms with Gasteiger partial charge in [-0.3, -0.25) is 9.11 Å². The van der Waals surface area contributed by atoms with Crippen molar-refractivity contribution < 1.29 is 25.9 Å². The number of rotatable bonds is 2. The van der Waals surface area contributed by atoms with Crippen LogP contribution >= 0.6 is 11.6 Å². The van der Waals surface area contributed by atoms with Crippen molar-refractivity contribution in [3.8, 4) is 0 Å². The first-order chi connectivity index (χ1) is 12.6.